The van der Waals surface area contributed by atoms with Crippen molar-refractivity contribution in [3.05, 3.63) is 52.7 Å². The number of anilines is 1. The van der Waals surface area contributed by atoms with Crippen LogP contribution in [0.1, 0.15) is 69.1 Å². The first-order valence-corrected chi connectivity index (χ1v) is 13.3. The lowest BCUT2D eigenvalue weighted by molar-refractivity contribution is 0.383. The first-order valence-electron chi connectivity index (χ1n) is 11.7. The second-order valence-electron chi connectivity index (χ2n) is 8.50. The number of hydrogen-bond donors (Lipinski definition) is 0. The van der Waals surface area contributed by atoms with Crippen molar-refractivity contribution in [2.45, 2.75) is 59.3 Å². The first kappa shape index (κ1) is 24.6. The molecule has 1 aromatic heterocycles. The average Bonchev–Trinajstić information content (AvgIpc) is 2.80. The molecule has 0 aliphatic carbocycles. The van der Waals surface area contributed by atoms with Gasteiger partial charge in [-0.05, 0) is 37.0 Å². The van der Waals surface area contributed by atoms with E-state index in [1.807, 2.05) is 6.92 Å². The summed E-state index contributed by atoms with van der Waals surface area (Å²) >= 11 is 0. The molecule has 0 spiro atoms. The molecule has 0 unspecified atom stereocenters. The zero-order valence-corrected chi connectivity index (χ0v) is 20.5. The fourth-order valence-electron chi connectivity index (χ4n) is 4.05. The summed E-state index contributed by atoms with van der Waals surface area (Å²) in [4.78, 5) is 12.1. The lowest BCUT2D eigenvalue weighted by Crippen LogP contribution is -2.49. The van der Waals surface area contributed by atoms with E-state index in [1.54, 1.807) is 16.4 Å². The van der Waals surface area contributed by atoms with Gasteiger partial charge in [-0.3, -0.25) is 0 Å². The Morgan fingerprint density at radius 3 is 2.25 bits per heavy atom. The fraction of sp³-hybridized carbons (Fsp3) is 0.583. The van der Waals surface area contributed by atoms with E-state index < -0.39 is 10.0 Å². The van der Waals surface area contributed by atoms with Gasteiger partial charge in [-0.25, -0.2) is 22.8 Å². The molecule has 1 saturated heterocycles. The van der Waals surface area contributed by atoms with Crippen LogP contribution in [0.2, 0.25) is 0 Å². The predicted molar refractivity (Wildman–Crippen MR) is 127 cm³/mol. The Morgan fingerprint density at radius 2 is 1.69 bits per heavy atom. The smallest absolute Gasteiger partial charge is 0.214 e. The van der Waals surface area contributed by atoms with E-state index in [0.29, 0.717) is 39.0 Å². The summed E-state index contributed by atoms with van der Waals surface area (Å²) in [7, 11) is -3.20. The SMILES string of the molecule is CCCS(=O)(=O)N1CCN(c2nc([C@@H](C)CC)nc(CC)c2Cc2ccc(F)cc2)CC1. The number of sulfonamides is 1. The Labute approximate surface area is 191 Å². The van der Waals surface area contributed by atoms with E-state index in [2.05, 4.69) is 25.7 Å². The van der Waals surface area contributed by atoms with Crippen molar-refractivity contribution in [3.63, 3.8) is 0 Å². The number of aryl methyl sites for hydroxylation is 1. The van der Waals surface area contributed by atoms with E-state index in [0.717, 1.165) is 41.3 Å². The summed E-state index contributed by atoms with van der Waals surface area (Å²) in [5.74, 6) is 1.91. The number of rotatable bonds is 9. The van der Waals surface area contributed by atoms with Crippen LogP contribution >= 0.6 is 0 Å². The fourth-order valence-corrected chi connectivity index (χ4v) is 5.54. The Balaban J connectivity index is 1.96. The number of piperazine rings is 1. The molecule has 2 aromatic rings. The molecule has 8 heteroatoms. The highest BCUT2D eigenvalue weighted by Gasteiger charge is 2.29. The van der Waals surface area contributed by atoms with Crippen LogP contribution in [0.15, 0.2) is 24.3 Å². The van der Waals surface area contributed by atoms with Gasteiger partial charge in [0.2, 0.25) is 10.0 Å². The minimum Gasteiger partial charge on any atom is -0.354 e. The van der Waals surface area contributed by atoms with Crippen LogP contribution in [0.25, 0.3) is 0 Å². The van der Waals surface area contributed by atoms with Gasteiger partial charge in [0, 0.05) is 49.8 Å². The summed E-state index contributed by atoms with van der Waals surface area (Å²) in [6.07, 6.45) is 2.96. The lowest BCUT2D eigenvalue weighted by atomic mass is 10.0. The van der Waals surface area contributed by atoms with Crippen molar-refractivity contribution in [2.24, 2.45) is 0 Å². The predicted octanol–water partition coefficient (Wildman–Crippen LogP) is 4.14. The van der Waals surface area contributed by atoms with Crippen LogP contribution in [0, 0.1) is 5.82 Å². The molecule has 32 heavy (non-hydrogen) atoms. The third kappa shape index (κ3) is 5.64. The van der Waals surface area contributed by atoms with Gasteiger partial charge < -0.3 is 4.90 Å². The monoisotopic (exact) mass is 462 g/mol. The van der Waals surface area contributed by atoms with Crippen molar-refractivity contribution in [1.82, 2.24) is 14.3 Å². The maximum Gasteiger partial charge on any atom is 0.214 e. The van der Waals surface area contributed by atoms with E-state index in [4.69, 9.17) is 9.97 Å². The Morgan fingerprint density at radius 1 is 1.03 bits per heavy atom. The van der Waals surface area contributed by atoms with Crippen molar-refractivity contribution in [1.29, 1.82) is 0 Å². The minimum absolute atomic E-state index is 0.189. The zero-order valence-electron chi connectivity index (χ0n) is 19.6. The summed E-state index contributed by atoms with van der Waals surface area (Å²) in [6.45, 7) is 10.4. The van der Waals surface area contributed by atoms with Gasteiger partial charge in [0.05, 0.1) is 5.75 Å². The van der Waals surface area contributed by atoms with E-state index >= 15 is 0 Å². The maximum absolute atomic E-state index is 13.4. The van der Waals surface area contributed by atoms with Crippen molar-refractivity contribution >= 4 is 15.8 Å². The largest absolute Gasteiger partial charge is 0.354 e. The number of hydrogen-bond acceptors (Lipinski definition) is 5. The Kier molecular flexibility index (Phi) is 8.22. The van der Waals surface area contributed by atoms with Crippen LogP contribution in [0.5, 0.6) is 0 Å². The molecule has 2 heterocycles. The molecule has 0 saturated carbocycles. The molecule has 1 aliphatic rings. The van der Waals surface area contributed by atoms with Gasteiger partial charge in [0.1, 0.15) is 17.5 Å². The second-order valence-corrected chi connectivity index (χ2v) is 10.6. The molecule has 0 N–H and O–H groups in total. The number of halogens is 1. The van der Waals surface area contributed by atoms with Crippen LogP contribution < -0.4 is 4.90 Å². The molecule has 1 aliphatic heterocycles. The molecule has 1 fully saturated rings. The number of aromatic nitrogens is 2. The zero-order chi connectivity index (χ0) is 23.3. The molecule has 0 amide bonds. The summed E-state index contributed by atoms with van der Waals surface area (Å²) in [5.41, 5.74) is 3.07. The summed E-state index contributed by atoms with van der Waals surface area (Å²) in [5, 5.41) is 0. The molecule has 176 valence electrons. The minimum atomic E-state index is -3.20. The van der Waals surface area contributed by atoms with Gasteiger partial charge in [-0.2, -0.15) is 4.31 Å². The molecule has 0 bridgehead atoms. The highest BCUT2D eigenvalue weighted by atomic mass is 32.2. The summed E-state index contributed by atoms with van der Waals surface area (Å²) in [6, 6.07) is 6.56. The molecule has 3 rings (SSSR count). The highest BCUT2D eigenvalue weighted by molar-refractivity contribution is 7.89. The second kappa shape index (κ2) is 10.7. The molecule has 1 atom stereocenters. The molecular weight excluding hydrogens is 427 g/mol. The van der Waals surface area contributed by atoms with Gasteiger partial charge >= 0.3 is 0 Å². The van der Waals surface area contributed by atoms with Crippen LogP contribution in [0.3, 0.4) is 0 Å². The first-order chi connectivity index (χ1) is 15.3. The van der Waals surface area contributed by atoms with E-state index in [1.165, 1.54) is 12.1 Å². The highest BCUT2D eigenvalue weighted by Crippen LogP contribution is 2.29. The van der Waals surface area contributed by atoms with Gasteiger partial charge in [-0.15, -0.1) is 0 Å². The third-order valence-corrected chi connectivity index (χ3v) is 8.24. The Hall–Kier alpha value is -2.06. The normalized spacial score (nSPS) is 16.3. The topological polar surface area (TPSA) is 66.4 Å². The van der Waals surface area contributed by atoms with Crippen molar-refractivity contribution in [3.8, 4) is 0 Å². The van der Waals surface area contributed by atoms with Crippen LogP contribution in [-0.2, 0) is 22.9 Å². The Bertz CT molecular complexity index is 1000. The van der Waals surface area contributed by atoms with Crippen LogP contribution in [0.4, 0.5) is 10.2 Å². The van der Waals surface area contributed by atoms with Crippen LogP contribution in [-0.4, -0.2) is 54.6 Å². The molecule has 1 aromatic carbocycles. The quantitative estimate of drug-likeness (QED) is 0.560. The number of nitrogens with zero attached hydrogens (tertiary/aromatic N) is 4. The summed E-state index contributed by atoms with van der Waals surface area (Å²) < 4.78 is 40.0. The van der Waals surface area contributed by atoms with E-state index in [-0.39, 0.29) is 17.5 Å². The number of benzene rings is 1. The average molecular weight is 463 g/mol. The van der Waals surface area contributed by atoms with Crippen molar-refractivity contribution in [2.75, 3.05) is 36.8 Å². The standard InChI is InChI=1S/C24H35FN4O2S/c1-5-16-32(30,31)29-14-12-28(13-15-29)24-21(17-19-8-10-20(25)11-9-19)22(7-3)26-23(27-24)18(4)6-2/h8-11,18H,5-7,12-17H2,1-4H3/t18-/m0/s1. The maximum atomic E-state index is 13.4. The molecule has 0 radical (unpaired) electrons. The van der Waals surface area contributed by atoms with Gasteiger partial charge in [0.25, 0.3) is 0 Å². The van der Waals surface area contributed by atoms with E-state index in [9.17, 15) is 12.8 Å². The molecular formula is C24H35FN4O2S. The van der Waals surface area contributed by atoms with Crippen molar-refractivity contribution < 1.29 is 12.8 Å². The lowest BCUT2D eigenvalue weighted by Gasteiger charge is -2.36. The van der Waals surface area contributed by atoms with Gasteiger partial charge in [-0.1, -0.05) is 39.8 Å². The molecule has 6 nitrogen and oxygen atoms in total. The van der Waals surface area contributed by atoms with Gasteiger partial charge in [0.15, 0.2) is 0 Å². The third-order valence-electron chi connectivity index (χ3n) is 6.16.